The maximum atomic E-state index is 12.5. The highest BCUT2D eigenvalue weighted by Gasteiger charge is 2.13. The van der Waals surface area contributed by atoms with E-state index in [9.17, 15) is 13.2 Å². The summed E-state index contributed by atoms with van der Waals surface area (Å²) in [6, 6.07) is 12.5. The van der Waals surface area contributed by atoms with E-state index in [1.165, 1.54) is 0 Å². The first-order chi connectivity index (χ1) is 15.7. The third kappa shape index (κ3) is 6.42. The minimum absolute atomic E-state index is 0.0138. The first-order valence-corrected chi connectivity index (χ1v) is 12.6. The van der Waals surface area contributed by atoms with Gasteiger partial charge in [0.05, 0.1) is 18.0 Å². The van der Waals surface area contributed by atoms with Crippen molar-refractivity contribution in [1.29, 1.82) is 0 Å². The number of H-pyrrole nitrogens is 1. The predicted octanol–water partition coefficient (Wildman–Crippen LogP) is 4.11. The molecule has 1 heterocycles. The number of rotatable bonds is 10. The molecule has 0 fully saturated rings. The van der Waals surface area contributed by atoms with Gasteiger partial charge in [0.15, 0.2) is 10.6 Å². The van der Waals surface area contributed by atoms with Gasteiger partial charge in [0.1, 0.15) is 5.75 Å². The van der Waals surface area contributed by atoms with Gasteiger partial charge >= 0.3 is 0 Å². The maximum absolute atomic E-state index is 12.5. The molecule has 11 heteroatoms. The van der Waals surface area contributed by atoms with Crippen LogP contribution in [-0.2, 0) is 21.4 Å². The first kappa shape index (κ1) is 24.5. The topological polar surface area (TPSA) is 118 Å². The number of anilines is 2. The molecule has 0 aliphatic rings. The standard InChI is InChI=1S/C22H27N5O4S2/c1-4-31-18-9-6-16(7-10-18)21-24-25-22(32)27(21)13-12-20(28)23-17-8-11-19(15(3)14-17)26-33(29,30)5-2/h6-11,14,26H,4-5,12-13H2,1-3H3,(H,23,28)(H,25,32). The van der Waals surface area contributed by atoms with Gasteiger partial charge in [-0.05, 0) is 81.0 Å². The van der Waals surface area contributed by atoms with Crippen LogP contribution in [-0.4, -0.2) is 41.4 Å². The van der Waals surface area contributed by atoms with Gasteiger partial charge in [0, 0.05) is 24.2 Å². The Balaban J connectivity index is 1.65. The number of hydrogen-bond donors (Lipinski definition) is 3. The Labute approximate surface area is 198 Å². The molecule has 3 rings (SSSR count). The second kappa shape index (κ2) is 10.6. The fourth-order valence-electron chi connectivity index (χ4n) is 3.14. The number of carbonyl (C=O) groups is 1. The van der Waals surface area contributed by atoms with Gasteiger partial charge < -0.3 is 10.1 Å². The van der Waals surface area contributed by atoms with Gasteiger partial charge in [-0.15, -0.1) is 0 Å². The Hall–Kier alpha value is -3.18. The molecule has 0 bridgehead atoms. The van der Waals surface area contributed by atoms with E-state index in [2.05, 4.69) is 20.2 Å². The van der Waals surface area contributed by atoms with Gasteiger partial charge in [0.25, 0.3) is 0 Å². The zero-order chi connectivity index (χ0) is 24.0. The Kier molecular flexibility index (Phi) is 7.88. The molecule has 0 aliphatic carbocycles. The summed E-state index contributed by atoms with van der Waals surface area (Å²) in [5, 5.41) is 9.92. The van der Waals surface area contributed by atoms with Crippen LogP contribution in [0.15, 0.2) is 42.5 Å². The van der Waals surface area contributed by atoms with Crippen molar-refractivity contribution in [2.45, 2.75) is 33.7 Å². The summed E-state index contributed by atoms with van der Waals surface area (Å²) in [7, 11) is -3.37. The van der Waals surface area contributed by atoms with E-state index < -0.39 is 10.0 Å². The van der Waals surface area contributed by atoms with E-state index in [0.29, 0.717) is 40.7 Å². The maximum Gasteiger partial charge on any atom is 0.232 e. The number of nitrogens with one attached hydrogen (secondary N) is 3. The summed E-state index contributed by atoms with van der Waals surface area (Å²) in [6.07, 6.45) is 0.182. The second-order valence-corrected chi connectivity index (χ2v) is 9.69. The van der Waals surface area contributed by atoms with E-state index >= 15 is 0 Å². The Morgan fingerprint density at radius 1 is 1.18 bits per heavy atom. The molecule has 0 atom stereocenters. The van der Waals surface area contributed by atoms with Crippen LogP contribution in [0.1, 0.15) is 25.8 Å². The summed E-state index contributed by atoms with van der Waals surface area (Å²) in [4.78, 5) is 12.5. The molecule has 1 aromatic heterocycles. The average Bonchev–Trinajstić information content (AvgIpc) is 3.15. The monoisotopic (exact) mass is 489 g/mol. The summed E-state index contributed by atoms with van der Waals surface area (Å²) in [5.74, 6) is 1.20. The lowest BCUT2D eigenvalue weighted by Gasteiger charge is -2.12. The highest BCUT2D eigenvalue weighted by atomic mass is 32.2. The molecular formula is C22H27N5O4S2. The lowest BCUT2D eigenvalue weighted by Crippen LogP contribution is -2.17. The molecule has 3 aromatic rings. The lowest BCUT2D eigenvalue weighted by molar-refractivity contribution is -0.116. The molecule has 9 nitrogen and oxygen atoms in total. The average molecular weight is 490 g/mol. The number of sulfonamides is 1. The summed E-state index contributed by atoms with van der Waals surface area (Å²) >= 11 is 5.34. The molecule has 0 unspecified atom stereocenters. The van der Waals surface area contributed by atoms with Crippen molar-refractivity contribution >= 4 is 39.5 Å². The number of aryl methyl sites for hydroxylation is 1. The number of hydrogen-bond acceptors (Lipinski definition) is 6. The van der Waals surface area contributed by atoms with Crippen molar-refractivity contribution in [2.75, 3.05) is 22.4 Å². The number of aromatic nitrogens is 3. The fraction of sp³-hybridized carbons (Fsp3) is 0.318. The van der Waals surface area contributed by atoms with Gasteiger partial charge in [-0.2, -0.15) is 5.10 Å². The minimum Gasteiger partial charge on any atom is -0.494 e. The highest BCUT2D eigenvalue weighted by molar-refractivity contribution is 7.92. The molecule has 2 aromatic carbocycles. The normalized spacial score (nSPS) is 11.2. The van der Waals surface area contributed by atoms with Crippen molar-refractivity contribution in [2.24, 2.45) is 0 Å². The van der Waals surface area contributed by atoms with Crippen LogP contribution >= 0.6 is 12.2 Å². The summed E-state index contributed by atoms with van der Waals surface area (Å²) < 4.78 is 33.8. The SMILES string of the molecule is CCOc1ccc(-c2n[nH]c(=S)n2CCC(=O)Nc2ccc(NS(=O)(=O)CC)c(C)c2)cc1. The highest BCUT2D eigenvalue weighted by Crippen LogP contribution is 2.23. The van der Waals surface area contributed by atoms with Crippen LogP contribution in [0.3, 0.4) is 0 Å². The third-order valence-electron chi connectivity index (χ3n) is 4.90. The van der Waals surface area contributed by atoms with Gasteiger partial charge in [-0.1, -0.05) is 0 Å². The number of aromatic amines is 1. The molecule has 3 N–H and O–H groups in total. The van der Waals surface area contributed by atoms with Crippen molar-refractivity contribution < 1.29 is 17.9 Å². The molecule has 0 saturated carbocycles. The lowest BCUT2D eigenvalue weighted by atomic mass is 10.2. The van der Waals surface area contributed by atoms with E-state index in [0.717, 1.165) is 11.3 Å². The smallest absolute Gasteiger partial charge is 0.232 e. The number of ether oxygens (including phenoxy) is 1. The Morgan fingerprint density at radius 3 is 2.55 bits per heavy atom. The molecule has 0 saturated heterocycles. The molecule has 176 valence electrons. The van der Waals surface area contributed by atoms with Crippen LogP contribution in [0, 0.1) is 11.7 Å². The van der Waals surface area contributed by atoms with Crippen LogP contribution in [0.5, 0.6) is 5.75 Å². The van der Waals surface area contributed by atoms with Gasteiger partial charge in [0.2, 0.25) is 15.9 Å². The predicted molar refractivity (Wildman–Crippen MR) is 132 cm³/mol. The van der Waals surface area contributed by atoms with Crippen molar-refractivity contribution in [3.05, 3.63) is 52.8 Å². The van der Waals surface area contributed by atoms with Crippen LogP contribution in [0.2, 0.25) is 0 Å². The zero-order valence-corrected chi connectivity index (χ0v) is 20.3. The number of benzene rings is 2. The zero-order valence-electron chi connectivity index (χ0n) is 18.7. The van der Waals surface area contributed by atoms with Gasteiger partial charge in [-0.25, -0.2) is 8.42 Å². The van der Waals surface area contributed by atoms with Crippen molar-refractivity contribution in [3.63, 3.8) is 0 Å². The molecule has 33 heavy (non-hydrogen) atoms. The van der Waals surface area contributed by atoms with Crippen molar-refractivity contribution in [3.8, 4) is 17.1 Å². The molecule has 1 amide bonds. The van der Waals surface area contributed by atoms with E-state index in [4.69, 9.17) is 17.0 Å². The molecule has 0 radical (unpaired) electrons. The first-order valence-electron chi connectivity index (χ1n) is 10.5. The summed E-state index contributed by atoms with van der Waals surface area (Å²) in [5.41, 5.74) is 2.63. The van der Waals surface area contributed by atoms with Crippen LogP contribution in [0.25, 0.3) is 11.4 Å². The molecule has 0 aliphatic heterocycles. The van der Waals surface area contributed by atoms with E-state index in [-0.39, 0.29) is 18.1 Å². The van der Waals surface area contributed by atoms with E-state index in [1.54, 1.807) is 36.6 Å². The Bertz CT molecular complexity index is 1280. The summed E-state index contributed by atoms with van der Waals surface area (Å²) in [6.45, 7) is 6.20. The van der Waals surface area contributed by atoms with Crippen LogP contribution in [0.4, 0.5) is 11.4 Å². The molecular weight excluding hydrogens is 462 g/mol. The molecule has 0 spiro atoms. The van der Waals surface area contributed by atoms with Gasteiger partial charge in [-0.3, -0.25) is 19.2 Å². The number of nitrogens with zero attached hydrogens (tertiary/aromatic N) is 2. The second-order valence-electron chi connectivity index (χ2n) is 7.29. The van der Waals surface area contributed by atoms with Crippen LogP contribution < -0.4 is 14.8 Å². The third-order valence-corrected chi connectivity index (χ3v) is 6.50. The largest absolute Gasteiger partial charge is 0.494 e. The fourth-order valence-corrected chi connectivity index (χ4v) is 4.08. The Morgan fingerprint density at radius 2 is 1.91 bits per heavy atom. The number of amides is 1. The van der Waals surface area contributed by atoms with Crippen molar-refractivity contribution in [1.82, 2.24) is 14.8 Å². The van der Waals surface area contributed by atoms with E-state index in [1.807, 2.05) is 31.2 Å². The quantitative estimate of drug-likeness (QED) is 0.369. The number of carbonyl (C=O) groups excluding carboxylic acids is 1. The minimum atomic E-state index is -3.37.